The Morgan fingerprint density at radius 3 is 2.35 bits per heavy atom. The zero-order valence-corrected chi connectivity index (χ0v) is 30.9. The maximum Gasteiger partial charge on any atom is 0.306 e. The second-order valence-electron chi connectivity index (χ2n) is 13.9. The third kappa shape index (κ3) is 6.69. The van der Waals surface area contributed by atoms with Gasteiger partial charge in [-0.1, -0.05) is 43.9 Å². The van der Waals surface area contributed by atoms with E-state index in [0.717, 1.165) is 78.1 Å². The Morgan fingerprint density at radius 1 is 0.923 bits per heavy atom. The van der Waals surface area contributed by atoms with Gasteiger partial charge in [-0.3, -0.25) is 9.78 Å². The summed E-state index contributed by atoms with van der Waals surface area (Å²) in [6.45, 7) is 20.7. The van der Waals surface area contributed by atoms with E-state index in [4.69, 9.17) is 29.6 Å². The number of H-pyrrole nitrogens is 2. The van der Waals surface area contributed by atoms with Gasteiger partial charge in [-0.05, 0) is 105 Å². The lowest BCUT2D eigenvalue weighted by atomic mass is 9.65. The van der Waals surface area contributed by atoms with Crippen LogP contribution in [0.3, 0.4) is 0 Å². The van der Waals surface area contributed by atoms with Crippen molar-refractivity contribution < 1.29 is 29.5 Å². The number of aliphatic hydroxyl groups is 2. The van der Waals surface area contributed by atoms with Crippen molar-refractivity contribution in [1.82, 2.24) is 19.9 Å². The Bertz CT molecular complexity index is 2220. The van der Waals surface area contributed by atoms with E-state index in [0.29, 0.717) is 24.3 Å². The molecule has 0 saturated carbocycles. The smallest absolute Gasteiger partial charge is 0.306 e. The summed E-state index contributed by atoms with van der Waals surface area (Å²) in [6.07, 6.45) is 7.15. The summed E-state index contributed by atoms with van der Waals surface area (Å²) in [5.74, 6) is 0.198. The molecule has 3 aromatic heterocycles. The van der Waals surface area contributed by atoms with Crippen LogP contribution in [0.4, 0.5) is 0 Å². The van der Waals surface area contributed by atoms with Gasteiger partial charge in [0.15, 0.2) is 0 Å². The summed E-state index contributed by atoms with van der Waals surface area (Å²) in [5, 5.41) is 18.3. The normalized spacial score (nSPS) is 18.1. The number of rotatable bonds is 12. The number of aromatic nitrogens is 4. The number of ether oxygens (including phenoxy) is 1. The molecule has 4 N–H and O–H groups in total. The average Bonchev–Trinajstić information content (AvgIpc) is 3.77. The molecule has 0 spiro atoms. The Hall–Kier alpha value is -5.03. The zero-order valence-electron chi connectivity index (χ0n) is 30.9. The molecular weight excluding hydrogens is 656 g/mol. The predicted molar refractivity (Wildman–Crippen MR) is 206 cm³/mol. The lowest BCUT2D eigenvalue weighted by molar-refractivity contribution is -0.266. The number of aliphatic hydroxyl groups excluding tert-OH is 2. The molecule has 6 rings (SSSR count). The van der Waals surface area contributed by atoms with Crippen LogP contribution < -0.4 is 0 Å². The first-order valence-electron chi connectivity index (χ1n) is 17.7. The van der Waals surface area contributed by atoms with Crippen LogP contribution in [0.1, 0.15) is 85.6 Å². The van der Waals surface area contributed by atoms with Crippen molar-refractivity contribution in [2.75, 3.05) is 26.4 Å². The average molecular weight is 705 g/mol. The molecule has 3 aromatic rings. The highest BCUT2D eigenvalue weighted by Crippen LogP contribution is 2.51. The number of nitrogens with zero attached hydrogens (tertiary/aromatic N) is 2. The molecule has 52 heavy (non-hydrogen) atoms. The molecule has 0 radical (unpaired) electrons. The topological polar surface area (TPSA) is 143 Å². The van der Waals surface area contributed by atoms with Crippen LogP contribution in [0.2, 0.25) is 0 Å². The molecule has 10 heteroatoms. The summed E-state index contributed by atoms with van der Waals surface area (Å²) < 4.78 is 5.20. The number of hydrogen-bond donors (Lipinski definition) is 4. The Morgan fingerprint density at radius 2 is 1.62 bits per heavy atom. The van der Waals surface area contributed by atoms with Crippen LogP contribution in [0, 0.1) is 19.8 Å². The third-order valence-electron chi connectivity index (χ3n) is 10.9. The summed E-state index contributed by atoms with van der Waals surface area (Å²) in [5.41, 5.74) is 14.8. The van der Waals surface area contributed by atoms with Gasteiger partial charge in [0.2, 0.25) is 0 Å². The van der Waals surface area contributed by atoms with Gasteiger partial charge in [0.05, 0.1) is 36.0 Å². The lowest BCUT2D eigenvalue weighted by Gasteiger charge is -2.36. The van der Waals surface area contributed by atoms with E-state index in [1.165, 1.54) is 5.57 Å². The van der Waals surface area contributed by atoms with E-state index in [-0.39, 0.29) is 50.2 Å². The fourth-order valence-corrected chi connectivity index (χ4v) is 7.48. The van der Waals surface area contributed by atoms with Crippen molar-refractivity contribution >= 4 is 50.8 Å². The molecule has 2 atom stereocenters. The Balaban J connectivity index is 1.67. The van der Waals surface area contributed by atoms with E-state index < -0.39 is 0 Å². The van der Waals surface area contributed by atoms with Crippen LogP contribution in [-0.2, 0) is 31.1 Å². The monoisotopic (exact) mass is 704 g/mol. The maximum atomic E-state index is 12.6. The molecule has 0 fully saturated rings. The number of nitrogens with one attached hydrogen (secondary N) is 2. The highest BCUT2D eigenvalue weighted by atomic mass is 17.2. The van der Waals surface area contributed by atoms with Gasteiger partial charge in [0.25, 0.3) is 0 Å². The largest absolute Gasteiger partial charge is 0.463 e. The maximum absolute atomic E-state index is 12.6. The fourth-order valence-electron chi connectivity index (χ4n) is 7.48. The second-order valence-corrected chi connectivity index (χ2v) is 13.9. The second kappa shape index (κ2) is 14.9. The Kier molecular flexibility index (Phi) is 10.5. The van der Waals surface area contributed by atoms with E-state index >= 15 is 0 Å². The summed E-state index contributed by atoms with van der Waals surface area (Å²) in [7, 11) is 0. The number of hydrogen-bond acceptors (Lipinski definition) is 8. The number of allylic oxidation sites excluding steroid dienone is 6. The first kappa shape index (κ1) is 36.8. The number of aryl methyl sites for hydroxylation is 3. The van der Waals surface area contributed by atoms with Crippen molar-refractivity contribution in [2.24, 2.45) is 5.92 Å². The summed E-state index contributed by atoms with van der Waals surface area (Å²) >= 11 is 0. The molecule has 0 amide bonds. The minimum Gasteiger partial charge on any atom is -0.463 e. The van der Waals surface area contributed by atoms with Crippen LogP contribution in [0.25, 0.3) is 44.9 Å². The van der Waals surface area contributed by atoms with Crippen LogP contribution in [0.5, 0.6) is 0 Å². The standard InChI is InChI=1S/C42H48N4O6/c1-9-29-25(4)33-19-34-27(6)31(18-24(3)52-51-17-15-48)37(44-34)21-36-30(11-13-41(49)50-16-14-47)26(5)35(43-36)20-39-32-12-10-23(2)28(7)42(32,8)40(46-39)22-38(29)45-33/h9-10,12,19-22,28,43,45,47-48H,1,3,11,13-18H2,2,4-8H3. The molecule has 8 bridgehead atoms. The lowest BCUT2D eigenvalue weighted by Crippen LogP contribution is -2.31. The summed E-state index contributed by atoms with van der Waals surface area (Å²) in [6, 6.07) is 8.34. The minimum absolute atomic E-state index is 0.0206. The van der Waals surface area contributed by atoms with Gasteiger partial charge in [-0.2, -0.15) is 4.89 Å². The van der Waals surface area contributed by atoms with Crippen LogP contribution in [0.15, 0.2) is 60.9 Å². The van der Waals surface area contributed by atoms with Crippen LogP contribution >= 0.6 is 0 Å². The molecule has 3 aliphatic rings. The number of carbonyl (C=O) groups is 1. The SMILES string of the molecule is C=Cc1c(C)c2cc3nc(cc4[nH]c(cc5nc(cc1[nH]2)C1(C)C5=CC=C(C)C1C)c(C)c4CCC(=O)OCCO)C(CC(=C)OOCCO)=C3C. The van der Waals surface area contributed by atoms with Gasteiger partial charge in [0.1, 0.15) is 19.0 Å². The van der Waals surface area contributed by atoms with E-state index in [1.54, 1.807) is 0 Å². The first-order chi connectivity index (χ1) is 24.9. The molecule has 2 aliphatic heterocycles. The van der Waals surface area contributed by atoms with Crippen molar-refractivity contribution in [3.63, 3.8) is 0 Å². The fraction of sp³-hybridized carbons (Fsp3) is 0.357. The van der Waals surface area contributed by atoms with Gasteiger partial charge < -0.3 is 29.8 Å². The minimum atomic E-state index is -0.380. The molecule has 272 valence electrons. The van der Waals surface area contributed by atoms with E-state index in [2.05, 4.69) is 81.2 Å². The van der Waals surface area contributed by atoms with E-state index in [1.807, 2.05) is 26.0 Å². The van der Waals surface area contributed by atoms with Crippen molar-refractivity contribution in [1.29, 1.82) is 0 Å². The first-order valence-corrected chi connectivity index (χ1v) is 17.7. The van der Waals surface area contributed by atoms with E-state index in [9.17, 15) is 9.90 Å². The van der Waals surface area contributed by atoms with Crippen molar-refractivity contribution in [3.8, 4) is 0 Å². The molecule has 10 nitrogen and oxygen atoms in total. The predicted octanol–water partition coefficient (Wildman–Crippen LogP) is 7.76. The molecule has 0 aromatic carbocycles. The molecule has 2 unspecified atom stereocenters. The zero-order chi connectivity index (χ0) is 37.3. The molecule has 5 heterocycles. The molecule has 0 saturated heterocycles. The highest BCUT2D eigenvalue weighted by Gasteiger charge is 2.45. The van der Waals surface area contributed by atoms with Crippen LogP contribution in [-0.4, -0.2) is 62.5 Å². The van der Waals surface area contributed by atoms with Gasteiger partial charge in [-0.25, -0.2) is 4.98 Å². The van der Waals surface area contributed by atoms with Gasteiger partial charge in [0, 0.05) is 45.9 Å². The number of aromatic amines is 2. The molecule has 1 aliphatic carbocycles. The highest BCUT2D eigenvalue weighted by molar-refractivity contribution is 5.94. The quantitative estimate of drug-likeness (QED) is 0.0493. The number of fused-ring (bicyclic) bond motifs is 11. The van der Waals surface area contributed by atoms with Crippen molar-refractivity contribution in [2.45, 2.75) is 66.2 Å². The number of esters is 1. The van der Waals surface area contributed by atoms with Gasteiger partial charge in [-0.15, -0.1) is 0 Å². The Labute approximate surface area is 304 Å². The third-order valence-corrected chi connectivity index (χ3v) is 10.9. The van der Waals surface area contributed by atoms with Gasteiger partial charge >= 0.3 is 5.97 Å². The molecular formula is C42H48N4O6. The summed E-state index contributed by atoms with van der Waals surface area (Å²) in [4.78, 5) is 40.9. The number of carbonyl (C=O) groups excluding carboxylic acids is 1. The van der Waals surface area contributed by atoms with Crippen molar-refractivity contribution in [3.05, 3.63) is 106 Å².